The molecule has 2 aromatic rings. The fraction of sp³-hybridized carbons (Fsp3) is 0.579. The number of hydrogen-bond acceptors (Lipinski definition) is 7. The number of rotatable bonds is 2. The summed E-state index contributed by atoms with van der Waals surface area (Å²) < 4.78 is 20.1. The molecular weight excluding hydrogens is 544 g/mol. The zero-order valence-electron chi connectivity index (χ0n) is 16.4. The summed E-state index contributed by atoms with van der Waals surface area (Å²) in [6, 6.07) is 0.112. The van der Waals surface area contributed by atoms with Crippen molar-refractivity contribution < 1.29 is 12.3 Å². The van der Waals surface area contributed by atoms with Crippen LogP contribution < -0.4 is 4.90 Å². The largest absolute Gasteiger partial charge is 0.419 e. The first-order chi connectivity index (χ1) is 14.4. The number of fused-ring (bicyclic) bond motifs is 5. The second kappa shape index (κ2) is 7.77. The van der Waals surface area contributed by atoms with Crippen LogP contribution in [0.25, 0.3) is 10.9 Å². The predicted octanol–water partition coefficient (Wildman–Crippen LogP) is 4.94. The molecular formula is C19H20ClFIN5O2S. The van der Waals surface area contributed by atoms with Gasteiger partial charge in [-0.05, 0) is 25.0 Å². The van der Waals surface area contributed by atoms with Crippen LogP contribution in [0, 0.1) is 5.82 Å². The highest BCUT2D eigenvalue weighted by Crippen LogP contribution is 2.46. The Morgan fingerprint density at radius 3 is 2.87 bits per heavy atom. The molecule has 0 spiro atoms. The van der Waals surface area contributed by atoms with Gasteiger partial charge in [-0.1, -0.05) is 37.2 Å². The minimum absolute atomic E-state index is 0.0160. The summed E-state index contributed by atoms with van der Waals surface area (Å²) >= 11 is 9.28. The summed E-state index contributed by atoms with van der Waals surface area (Å²) in [5, 5.41) is 1.02. The quantitative estimate of drug-likeness (QED) is 0.222. The van der Waals surface area contributed by atoms with Gasteiger partial charge < -0.3 is 7.97 Å². The minimum Gasteiger partial charge on any atom is -0.378 e. The van der Waals surface area contributed by atoms with Crippen LogP contribution in [0.5, 0.6) is 0 Å². The van der Waals surface area contributed by atoms with E-state index >= 15 is 4.39 Å². The van der Waals surface area contributed by atoms with Crippen LogP contribution in [0.1, 0.15) is 44.7 Å². The Labute approximate surface area is 196 Å². The lowest BCUT2D eigenvalue weighted by Crippen LogP contribution is -2.61. The molecule has 2 fully saturated rings. The third-order valence-corrected chi connectivity index (χ3v) is 7.77. The molecule has 3 aliphatic heterocycles. The molecule has 11 heteroatoms. The molecule has 4 atom stereocenters. The zero-order valence-corrected chi connectivity index (χ0v) is 20.2. The summed E-state index contributed by atoms with van der Waals surface area (Å²) in [5.74, 6) is 0.904. The number of nitrogens with zero attached hydrogens (tertiary/aromatic N) is 5. The molecule has 3 aliphatic rings. The number of carbonyl (C=O) groups is 1. The number of halogens is 3. The maximum atomic E-state index is 15.0. The molecule has 5 rings (SSSR count). The first kappa shape index (κ1) is 20.7. The highest BCUT2D eigenvalue weighted by Gasteiger charge is 2.51. The van der Waals surface area contributed by atoms with Crippen molar-refractivity contribution in [3.63, 3.8) is 0 Å². The molecule has 0 N–H and O–H groups in total. The second-order valence-electron chi connectivity index (χ2n) is 7.99. The van der Waals surface area contributed by atoms with Crippen LogP contribution in [-0.2, 0) is 3.07 Å². The lowest BCUT2D eigenvalue weighted by atomic mass is 9.92. The van der Waals surface area contributed by atoms with Crippen LogP contribution in [0.4, 0.5) is 15.0 Å². The SMILES string of the molecule is CCSc1nc2c3c(nc(Cl)c(F)c3n1)[C@H](C)C[C@@H]1[C@@H]3CC[C@H](CN21)N3C(=O)OI. The summed E-state index contributed by atoms with van der Waals surface area (Å²) in [4.78, 5) is 30.4. The van der Waals surface area contributed by atoms with Gasteiger partial charge in [-0.2, -0.15) is 0 Å². The van der Waals surface area contributed by atoms with E-state index in [1.54, 1.807) is 23.0 Å². The molecule has 2 saturated heterocycles. The van der Waals surface area contributed by atoms with Crippen LogP contribution in [0.15, 0.2) is 5.16 Å². The van der Waals surface area contributed by atoms with Gasteiger partial charge in [-0.15, -0.1) is 0 Å². The Bertz CT molecular complexity index is 1050. The Kier molecular flexibility index (Phi) is 5.37. The average molecular weight is 564 g/mol. The lowest BCUT2D eigenvalue weighted by molar-refractivity contribution is 0.115. The van der Waals surface area contributed by atoms with Crippen molar-refractivity contribution in [2.24, 2.45) is 0 Å². The van der Waals surface area contributed by atoms with Crippen molar-refractivity contribution in [2.45, 2.75) is 62.3 Å². The number of pyridine rings is 1. The van der Waals surface area contributed by atoms with Crippen molar-refractivity contribution in [3.05, 3.63) is 16.7 Å². The number of aromatic nitrogens is 3. The molecule has 0 saturated carbocycles. The Hall–Kier alpha value is -1.14. The van der Waals surface area contributed by atoms with E-state index in [-0.39, 0.29) is 40.8 Å². The van der Waals surface area contributed by atoms with E-state index in [9.17, 15) is 4.79 Å². The van der Waals surface area contributed by atoms with E-state index in [0.717, 1.165) is 30.7 Å². The Balaban J connectivity index is 1.72. The molecule has 5 heterocycles. The van der Waals surface area contributed by atoms with E-state index in [0.29, 0.717) is 22.9 Å². The number of piperazine rings is 1. The lowest BCUT2D eigenvalue weighted by Gasteiger charge is -2.46. The number of anilines is 1. The molecule has 2 aromatic heterocycles. The summed E-state index contributed by atoms with van der Waals surface area (Å²) in [6.07, 6.45) is 2.30. The monoisotopic (exact) mass is 563 g/mol. The molecule has 7 nitrogen and oxygen atoms in total. The number of hydrogen-bond donors (Lipinski definition) is 0. The van der Waals surface area contributed by atoms with Gasteiger partial charge in [0.15, 0.2) is 39.1 Å². The molecule has 160 valence electrons. The van der Waals surface area contributed by atoms with E-state index in [4.69, 9.17) is 19.7 Å². The summed E-state index contributed by atoms with van der Waals surface area (Å²) in [6.45, 7) is 4.71. The van der Waals surface area contributed by atoms with Gasteiger partial charge in [0.1, 0.15) is 11.3 Å². The smallest absolute Gasteiger partial charge is 0.378 e. The summed E-state index contributed by atoms with van der Waals surface area (Å²) in [5.41, 5.74) is 0.965. The molecule has 2 bridgehead atoms. The number of amides is 1. The van der Waals surface area contributed by atoms with E-state index in [1.165, 1.54) is 11.8 Å². The van der Waals surface area contributed by atoms with Gasteiger partial charge >= 0.3 is 6.09 Å². The van der Waals surface area contributed by atoms with E-state index in [2.05, 4.69) is 21.8 Å². The third kappa shape index (κ3) is 3.04. The third-order valence-electron chi connectivity index (χ3n) is 6.42. The predicted molar refractivity (Wildman–Crippen MR) is 122 cm³/mol. The van der Waals surface area contributed by atoms with Crippen molar-refractivity contribution in [1.29, 1.82) is 0 Å². The molecule has 0 aliphatic carbocycles. The molecule has 1 amide bonds. The maximum absolute atomic E-state index is 15.0. The van der Waals surface area contributed by atoms with Crippen LogP contribution >= 0.6 is 46.4 Å². The molecule has 30 heavy (non-hydrogen) atoms. The molecule has 0 unspecified atom stereocenters. The zero-order chi connectivity index (χ0) is 21.2. The van der Waals surface area contributed by atoms with Crippen molar-refractivity contribution in [3.8, 4) is 0 Å². The van der Waals surface area contributed by atoms with Crippen molar-refractivity contribution >= 4 is 69.2 Å². The van der Waals surface area contributed by atoms with E-state index in [1.807, 2.05) is 11.8 Å². The van der Waals surface area contributed by atoms with Gasteiger partial charge in [-0.25, -0.2) is 24.1 Å². The number of carbonyl (C=O) groups excluding carboxylic acids is 1. The topological polar surface area (TPSA) is 71.5 Å². The summed E-state index contributed by atoms with van der Waals surface area (Å²) in [7, 11) is 0. The molecule has 0 radical (unpaired) electrons. The standard InChI is InChI=1S/C19H20ClFIN5O2S/c1-3-30-18-24-15-12-14(23-16(20)13(15)21)8(2)6-11-10-5-4-9(27(10)19(28)29-22)7-26(11)17(12)25-18/h8-11H,3-7H2,1-2H3/t8-,9-,10+,11-/m1/s1. The van der Waals surface area contributed by atoms with Crippen LogP contribution in [0.3, 0.4) is 0 Å². The van der Waals surface area contributed by atoms with Crippen molar-refractivity contribution in [2.75, 3.05) is 17.2 Å². The normalized spacial score (nSPS) is 27.2. The number of thioether (sulfide) groups is 1. The van der Waals surface area contributed by atoms with Gasteiger partial charge in [0.25, 0.3) is 0 Å². The van der Waals surface area contributed by atoms with Crippen LogP contribution in [0.2, 0.25) is 5.15 Å². The highest BCUT2D eigenvalue weighted by molar-refractivity contribution is 14.1. The van der Waals surface area contributed by atoms with E-state index < -0.39 is 5.82 Å². The van der Waals surface area contributed by atoms with Gasteiger partial charge in [0.2, 0.25) is 0 Å². The van der Waals surface area contributed by atoms with Crippen LogP contribution in [-0.4, -0.2) is 56.4 Å². The second-order valence-corrected chi connectivity index (χ2v) is 10.0. The maximum Gasteiger partial charge on any atom is 0.419 e. The highest BCUT2D eigenvalue weighted by atomic mass is 127. The van der Waals surface area contributed by atoms with Crippen molar-refractivity contribution in [1.82, 2.24) is 19.9 Å². The Morgan fingerprint density at radius 2 is 2.13 bits per heavy atom. The fourth-order valence-corrected chi connectivity index (χ4v) is 6.23. The van der Waals surface area contributed by atoms with Gasteiger partial charge in [0, 0.05) is 12.5 Å². The molecule has 0 aromatic carbocycles. The van der Waals surface area contributed by atoms with Gasteiger partial charge in [-0.3, -0.25) is 4.90 Å². The first-order valence-corrected chi connectivity index (χ1v) is 12.3. The minimum atomic E-state index is -0.599. The fourth-order valence-electron chi connectivity index (χ4n) is 5.26. The first-order valence-electron chi connectivity index (χ1n) is 10.0. The average Bonchev–Trinajstić information content (AvgIpc) is 3.01. The van der Waals surface area contributed by atoms with Gasteiger partial charge in [0.05, 0.1) is 29.2 Å². The Morgan fingerprint density at radius 1 is 1.33 bits per heavy atom.